The van der Waals surface area contributed by atoms with Crippen molar-refractivity contribution in [3.05, 3.63) is 12.2 Å². The maximum absolute atomic E-state index is 12.7. The normalized spacial score (nSPS) is 26.6. The van der Waals surface area contributed by atoms with Crippen LogP contribution in [0.3, 0.4) is 0 Å². The van der Waals surface area contributed by atoms with Gasteiger partial charge in [-0.2, -0.15) is 0 Å². The van der Waals surface area contributed by atoms with Gasteiger partial charge in [-0.05, 0) is 58.2 Å². The molecular weight excluding hydrogens is 505 g/mol. The van der Waals surface area contributed by atoms with Crippen molar-refractivity contribution >= 4 is 41.8 Å². The first-order chi connectivity index (χ1) is 14.5. The Labute approximate surface area is 204 Å². The number of halogens is 1. The van der Waals surface area contributed by atoms with Crippen LogP contribution in [-0.2, 0) is 9.59 Å². The molecule has 8 heteroatoms. The van der Waals surface area contributed by atoms with Gasteiger partial charge in [-0.3, -0.25) is 19.5 Å². The number of rotatable bonds is 12. The molecule has 2 fully saturated rings. The fourth-order valence-electron chi connectivity index (χ4n) is 5.14. The number of fused-ring (bicyclic) bond motifs is 5. The van der Waals surface area contributed by atoms with Crippen molar-refractivity contribution in [2.75, 3.05) is 47.3 Å². The molecule has 2 amide bonds. The topological polar surface area (TPSA) is 77.0 Å². The van der Waals surface area contributed by atoms with E-state index in [0.29, 0.717) is 13.1 Å². The number of carbonyl (C=O) groups is 2. The average Bonchev–Trinajstić information content (AvgIpc) is 3.40. The number of likely N-dealkylation sites (tertiary alicyclic amines) is 1. The van der Waals surface area contributed by atoms with Crippen LogP contribution in [0.4, 0.5) is 0 Å². The molecule has 3 aliphatic rings. The number of nitrogens with zero attached hydrogens (tertiary/aromatic N) is 3. The Morgan fingerprint density at radius 2 is 1.52 bits per heavy atom. The third kappa shape index (κ3) is 6.66. The van der Waals surface area contributed by atoms with Gasteiger partial charge in [0.2, 0.25) is 11.8 Å². The van der Waals surface area contributed by atoms with Gasteiger partial charge >= 0.3 is 0 Å². The molecular formula is C23H40IN5O2. The Bertz CT molecular complexity index is 636. The van der Waals surface area contributed by atoms with Gasteiger partial charge in [0.05, 0.1) is 11.8 Å². The summed E-state index contributed by atoms with van der Waals surface area (Å²) in [6.07, 6.45) is 12.2. The van der Waals surface area contributed by atoms with Gasteiger partial charge in [0, 0.05) is 26.7 Å². The van der Waals surface area contributed by atoms with E-state index in [1.54, 1.807) is 7.05 Å². The summed E-state index contributed by atoms with van der Waals surface area (Å²) in [5.41, 5.74) is 0. The van der Waals surface area contributed by atoms with Crippen LogP contribution in [0, 0.1) is 23.7 Å². The predicted molar refractivity (Wildman–Crippen MR) is 135 cm³/mol. The zero-order chi connectivity index (χ0) is 21.5. The fraction of sp³-hybridized carbons (Fsp3) is 0.783. The number of imide groups is 1. The number of carbonyl (C=O) groups excluding carboxylic acids is 2. The molecule has 1 heterocycles. The van der Waals surface area contributed by atoms with E-state index < -0.39 is 0 Å². The molecule has 31 heavy (non-hydrogen) atoms. The number of amides is 2. The van der Waals surface area contributed by atoms with Crippen molar-refractivity contribution in [2.45, 2.75) is 44.9 Å². The molecule has 1 aliphatic heterocycles. The second kappa shape index (κ2) is 12.8. The smallest absolute Gasteiger partial charge is 0.233 e. The summed E-state index contributed by atoms with van der Waals surface area (Å²) >= 11 is 0. The first-order valence-electron chi connectivity index (χ1n) is 11.7. The summed E-state index contributed by atoms with van der Waals surface area (Å²) in [5.74, 6) is 1.30. The van der Waals surface area contributed by atoms with Gasteiger partial charge in [0.25, 0.3) is 0 Å². The molecule has 176 valence electrons. The van der Waals surface area contributed by atoms with Crippen molar-refractivity contribution in [1.82, 2.24) is 20.4 Å². The molecule has 7 nitrogen and oxygen atoms in total. The molecule has 2 bridgehead atoms. The van der Waals surface area contributed by atoms with E-state index >= 15 is 0 Å². The lowest BCUT2D eigenvalue weighted by Gasteiger charge is -2.18. The van der Waals surface area contributed by atoms with Crippen LogP contribution in [0.2, 0.25) is 0 Å². The standard InChI is InChI=1S/C23H39N5O2.HI/c1-24-23(25-12-7-5-4-6-8-14-27(2)3)26-13-9-15-28-21(29)19-17-10-11-18(16-17)20(19)22(28)30;/h10-11,17-20H,4-9,12-16H2,1-3H3,(H2,24,25,26);1H. The Morgan fingerprint density at radius 3 is 2.10 bits per heavy atom. The van der Waals surface area contributed by atoms with Crippen molar-refractivity contribution in [2.24, 2.45) is 28.7 Å². The Balaban J connectivity index is 0.00000341. The van der Waals surface area contributed by atoms with Crippen LogP contribution >= 0.6 is 24.0 Å². The number of guanidine groups is 1. The molecule has 0 spiro atoms. The third-order valence-corrected chi connectivity index (χ3v) is 6.71. The highest BCUT2D eigenvalue weighted by molar-refractivity contribution is 14.0. The molecule has 0 aromatic heterocycles. The number of hydrogen-bond acceptors (Lipinski definition) is 4. The summed E-state index contributed by atoms with van der Waals surface area (Å²) in [5, 5.41) is 6.65. The zero-order valence-corrected chi connectivity index (χ0v) is 21.6. The van der Waals surface area contributed by atoms with Gasteiger partial charge in [0.1, 0.15) is 0 Å². The Morgan fingerprint density at radius 1 is 0.968 bits per heavy atom. The van der Waals surface area contributed by atoms with E-state index in [0.717, 1.165) is 31.8 Å². The number of nitrogens with one attached hydrogen (secondary N) is 2. The summed E-state index contributed by atoms with van der Waals surface area (Å²) in [4.78, 5) is 33.4. The number of aliphatic imine (C=N–C) groups is 1. The molecule has 2 N–H and O–H groups in total. The van der Waals surface area contributed by atoms with Gasteiger partial charge in [0.15, 0.2) is 5.96 Å². The minimum absolute atomic E-state index is 0. The van der Waals surface area contributed by atoms with E-state index in [2.05, 4.69) is 46.8 Å². The molecule has 4 unspecified atom stereocenters. The highest BCUT2D eigenvalue weighted by Gasteiger charge is 2.58. The lowest BCUT2D eigenvalue weighted by molar-refractivity contribution is -0.140. The summed E-state index contributed by atoms with van der Waals surface area (Å²) < 4.78 is 0. The van der Waals surface area contributed by atoms with Crippen LogP contribution in [0.1, 0.15) is 44.9 Å². The number of unbranched alkanes of at least 4 members (excludes halogenated alkanes) is 4. The molecule has 4 atom stereocenters. The minimum Gasteiger partial charge on any atom is -0.356 e. The second-order valence-corrected chi connectivity index (χ2v) is 9.18. The molecule has 0 radical (unpaired) electrons. The van der Waals surface area contributed by atoms with Gasteiger partial charge < -0.3 is 15.5 Å². The first-order valence-corrected chi connectivity index (χ1v) is 11.7. The Kier molecular flexibility index (Phi) is 10.7. The molecule has 0 aromatic carbocycles. The van der Waals surface area contributed by atoms with Crippen LogP contribution in [0.15, 0.2) is 17.1 Å². The van der Waals surface area contributed by atoms with Crippen molar-refractivity contribution in [3.63, 3.8) is 0 Å². The fourth-order valence-corrected chi connectivity index (χ4v) is 5.14. The molecule has 0 aromatic rings. The van der Waals surface area contributed by atoms with E-state index in [9.17, 15) is 9.59 Å². The lowest BCUT2D eigenvalue weighted by Crippen LogP contribution is -2.40. The van der Waals surface area contributed by atoms with Crippen molar-refractivity contribution in [1.29, 1.82) is 0 Å². The van der Waals surface area contributed by atoms with E-state index in [-0.39, 0.29) is 59.5 Å². The van der Waals surface area contributed by atoms with Crippen LogP contribution in [-0.4, -0.2) is 74.9 Å². The number of hydrogen-bond donors (Lipinski definition) is 2. The molecule has 1 saturated carbocycles. The highest BCUT2D eigenvalue weighted by atomic mass is 127. The van der Waals surface area contributed by atoms with E-state index in [1.807, 2.05) is 0 Å². The van der Waals surface area contributed by atoms with Crippen LogP contribution in [0.5, 0.6) is 0 Å². The quantitative estimate of drug-likeness (QED) is 0.0985. The average molecular weight is 546 g/mol. The molecule has 3 rings (SSSR count). The second-order valence-electron chi connectivity index (χ2n) is 9.18. The van der Waals surface area contributed by atoms with Gasteiger partial charge in [-0.25, -0.2) is 0 Å². The van der Waals surface area contributed by atoms with E-state index in [4.69, 9.17) is 0 Å². The van der Waals surface area contributed by atoms with Crippen molar-refractivity contribution < 1.29 is 9.59 Å². The summed E-state index contributed by atoms with van der Waals surface area (Å²) in [6, 6.07) is 0. The third-order valence-electron chi connectivity index (χ3n) is 6.71. The SMILES string of the molecule is CN=C(NCCCCCCCN(C)C)NCCCN1C(=O)C2C3C=CC(C3)C2C1=O.I. The van der Waals surface area contributed by atoms with E-state index in [1.165, 1.54) is 37.1 Å². The maximum Gasteiger partial charge on any atom is 0.233 e. The van der Waals surface area contributed by atoms with Crippen LogP contribution in [0.25, 0.3) is 0 Å². The predicted octanol–water partition coefficient (Wildman–Crippen LogP) is 2.48. The summed E-state index contributed by atoms with van der Waals surface area (Å²) in [6.45, 7) is 3.28. The largest absolute Gasteiger partial charge is 0.356 e. The highest BCUT2D eigenvalue weighted by Crippen LogP contribution is 2.52. The number of allylic oxidation sites excluding steroid dienone is 2. The maximum atomic E-state index is 12.7. The van der Waals surface area contributed by atoms with Crippen LogP contribution < -0.4 is 10.6 Å². The molecule has 1 saturated heterocycles. The monoisotopic (exact) mass is 545 g/mol. The van der Waals surface area contributed by atoms with Crippen molar-refractivity contribution in [3.8, 4) is 0 Å². The summed E-state index contributed by atoms with van der Waals surface area (Å²) in [7, 11) is 6.01. The van der Waals surface area contributed by atoms with Gasteiger partial charge in [-0.15, -0.1) is 24.0 Å². The first kappa shape index (κ1) is 26.1. The molecule has 2 aliphatic carbocycles. The zero-order valence-electron chi connectivity index (χ0n) is 19.3. The Hall–Kier alpha value is -1.16. The minimum atomic E-state index is -0.0854. The lowest BCUT2D eigenvalue weighted by atomic mass is 9.85. The van der Waals surface area contributed by atoms with Gasteiger partial charge in [-0.1, -0.05) is 31.4 Å².